The number of nitrogens with zero attached hydrogens (tertiary/aromatic N) is 4. The number of H-pyrrole nitrogens is 1. The number of carbonyl (C=O) groups excluding carboxylic acids is 2. The summed E-state index contributed by atoms with van der Waals surface area (Å²) in [6.45, 7) is 5.49. The zero-order chi connectivity index (χ0) is 26.3. The maximum absolute atomic E-state index is 13.3. The predicted molar refractivity (Wildman–Crippen MR) is 141 cm³/mol. The average Bonchev–Trinajstić information content (AvgIpc) is 3.38. The minimum atomic E-state index is -0.559. The number of aryl methyl sites for hydroxylation is 1. The monoisotopic (exact) mass is 523 g/mol. The van der Waals surface area contributed by atoms with Crippen molar-refractivity contribution in [2.45, 2.75) is 64.1 Å². The van der Waals surface area contributed by atoms with Gasteiger partial charge in [0.2, 0.25) is 0 Å². The normalized spacial score (nSPS) is 18.2. The lowest BCUT2D eigenvalue weighted by Crippen LogP contribution is -2.46. The van der Waals surface area contributed by atoms with Gasteiger partial charge < -0.3 is 20.4 Å². The average molecular weight is 524 g/mol. The van der Waals surface area contributed by atoms with Crippen LogP contribution in [0.1, 0.15) is 56.8 Å². The molecule has 1 aliphatic rings. The number of amides is 2. The van der Waals surface area contributed by atoms with E-state index in [0.717, 1.165) is 30.2 Å². The standard InChI is InChI=1S/C26H30ClN7O3/c1-26(2,3)37-25(36)31-16-7-5-6-15(11-16)30-24(35)18-12-28-23-22(18)32-19(13-29-23)21-17-9-8-14(27)10-20(17)34(4)33-21/h8-10,12-13,15-16H,5-7,11H2,1-4H3,(H,28,29)(H,30,35)(H,31,36)/t15?,16-/m1/s1. The topological polar surface area (TPSA) is 127 Å². The number of halogens is 1. The summed E-state index contributed by atoms with van der Waals surface area (Å²) in [5.74, 6) is -0.238. The van der Waals surface area contributed by atoms with E-state index in [1.807, 2.05) is 46.0 Å². The van der Waals surface area contributed by atoms with Crippen LogP contribution in [0, 0.1) is 0 Å². The second-order valence-electron chi connectivity index (χ2n) is 10.5. The molecule has 3 heterocycles. The van der Waals surface area contributed by atoms with Crippen LogP contribution in [0.25, 0.3) is 33.5 Å². The Bertz CT molecular complexity index is 1490. The molecular formula is C26H30ClN7O3. The summed E-state index contributed by atoms with van der Waals surface area (Å²) in [4.78, 5) is 37.7. The molecule has 0 bridgehead atoms. The van der Waals surface area contributed by atoms with Crippen molar-refractivity contribution in [3.8, 4) is 11.4 Å². The van der Waals surface area contributed by atoms with Crippen molar-refractivity contribution in [3.05, 3.63) is 41.2 Å². The summed E-state index contributed by atoms with van der Waals surface area (Å²) in [6, 6.07) is 5.43. The van der Waals surface area contributed by atoms with E-state index in [0.29, 0.717) is 39.6 Å². The minimum Gasteiger partial charge on any atom is -0.444 e. The van der Waals surface area contributed by atoms with Crippen LogP contribution in [0.2, 0.25) is 5.02 Å². The Morgan fingerprint density at radius 1 is 1.19 bits per heavy atom. The predicted octanol–water partition coefficient (Wildman–Crippen LogP) is 4.73. The smallest absolute Gasteiger partial charge is 0.407 e. The Labute approximate surface area is 219 Å². The quantitative estimate of drug-likeness (QED) is 0.355. The second-order valence-corrected chi connectivity index (χ2v) is 10.9. The molecule has 2 atom stereocenters. The number of hydrogen-bond acceptors (Lipinski definition) is 6. The van der Waals surface area contributed by atoms with E-state index >= 15 is 0 Å². The first-order valence-corrected chi connectivity index (χ1v) is 12.7. The third-order valence-electron chi connectivity index (χ3n) is 6.41. The number of rotatable bonds is 4. The first kappa shape index (κ1) is 25.0. The van der Waals surface area contributed by atoms with Crippen LogP contribution in [0.4, 0.5) is 4.79 Å². The van der Waals surface area contributed by atoms with Crippen LogP contribution in [-0.4, -0.2) is 54.4 Å². The highest BCUT2D eigenvalue weighted by Gasteiger charge is 2.27. The van der Waals surface area contributed by atoms with Gasteiger partial charge in [0.05, 0.1) is 17.3 Å². The van der Waals surface area contributed by atoms with Gasteiger partial charge in [0.25, 0.3) is 5.91 Å². The van der Waals surface area contributed by atoms with E-state index in [-0.39, 0.29) is 18.0 Å². The molecule has 3 aromatic heterocycles. The van der Waals surface area contributed by atoms with E-state index < -0.39 is 11.7 Å². The summed E-state index contributed by atoms with van der Waals surface area (Å²) >= 11 is 6.16. The molecule has 2 amide bonds. The third kappa shape index (κ3) is 5.39. The molecule has 194 valence electrons. The minimum absolute atomic E-state index is 0.0609. The van der Waals surface area contributed by atoms with E-state index in [1.54, 1.807) is 17.1 Å². The Morgan fingerprint density at radius 2 is 1.95 bits per heavy atom. The molecule has 4 aromatic rings. The zero-order valence-corrected chi connectivity index (χ0v) is 22.0. The van der Waals surface area contributed by atoms with Crippen molar-refractivity contribution < 1.29 is 14.3 Å². The number of fused-ring (bicyclic) bond motifs is 2. The summed E-state index contributed by atoms with van der Waals surface area (Å²) in [6.07, 6.45) is 6.03. The highest BCUT2D eigenvalue weighted by Crippen LogP contribution is 2.29. The van der Waals surface area contributed by atoms with E-state index in [4.69, 9.17) is 21.3 Å². The molecule has 1 unspecified atom stereocenters. The number of benzene rings is 1. The van der Waals surface area contributed by atoms with Crippen molar-refractivity contribution >= 4 is 45.7 Å². The van der Waals surface area contributed by atoms with Crippen LogP contribution in [0.3, 0.4) is 0 Å². The first-order chi connectivity index (χ1) is 17.6. The highest BCUT2D eigenvalue weighted by molar-refractivity contribution is 6.31. The fourth-order valence-electron chi connectivity index (χ4n) is 4.79. The molecule has 0 spiro atoms. The lowest BCUT2D eigenvalue weighted by atomic mass is 9.91. The summed E-state index contributed by atoms with van der Waals surface area (Å²) in [5, 5.41) is 12.2. The number of aromatic nitrogens is 5. The van der Waals surface area contributed by atoms with Gasteiger partial charge in [-0.25, -0.2) is 14.8 Å². The Morgan fingerprint density at radius 3 is 2.70 bits per heavy atom. The lowest BCUT2D eigenvalue weighted by Gasteiger charge is -2.31. The molecule has 0 radical (unpaired) electrons. The van der Waals surface area contributed by atoms with Gasteiger partial charge in [-0.2, -0.15) is 5.10 Å². The molecular weight excluding hydrogens is 494 g/mol. The van der Waals surface area contributed by atoms with Crippen LogP contribution in [-0.2, 0) is 11.8 Å². The molecule has 1 saturated carbocycles. The van der Waals surface area contributed by atoms with Crippen molar-refractivity contribution in [2.24, 2.45) is 7.05 Å². The maximum atomic E-state index is 13.3. The number of carbonyl (C=O) groups is 2. The molecule has 10 nitrogen and oxygen atoms in total. The zero-order valence-electron chi connectivity index (χ0n) is 21.3. The van der Waals surface area contributed by atoms with Gasteiger partial charge in [-0.15, -0.1) is 0 Å². The van der Waals surface area contributed by atoms with Crippen LogP contribution < -0.4 is 10.6 Å². The van der Waals surface area contributed by atoms with Crippen molar-refractivity contribution in [2.75, 3.05) is 0 Å². The van der Waals surface area contributed by atoms with Gasteiger partial charge in [-0.3, -0.25) is 9.48 Å². The Hall–Kier alpha value is -3.66. The first-order valence-electron chi connectivity index (χ1n) is 12.3. The number of nitrogens with one attached hydrogen (secondary N) is 3. The maximum Gasteiger partial charge on any atom is 0.407 e. The fraction of sp³-hybridized carbons (Fsp3) is 0.423. The molecule has 3 N–H and O–H groups in total. The number of aromatic amines is 1. The van der Waals surface area contributed by atoms with Gasteiger partial charge in [0.1, 0.15) is 22.5 Å². The van der Waals surface area contributed by atoms with Gasteiger partial charge in [0.15, 0.2) is 5.65 Å². The van der Waals surface area contributed by atoms with Crippen molar-refractivity contribution in [1.29, 1.82) is 0 Å². The molecule has 11 heteroatoms. The Kier molecular flexibility index (Phi) is 6.53. The van der Waals surface area contributed by atoms with Crippen LogP contribution >= 0.6 is 11.6 Å². The number of ether oxygens (including phenoxy) is 1. The summed E-state index contributed by atoms with van der Waals surface area (Å²) in [7, 11) is 1.85. The SMILES string of the molecule is Cn1nc(-c2cnc3[nH]cc(C(=O)NC4CCC[C@@H](NC(=O)OC(C)(C)C)C4)c3n2)c2ccc(Cl)cc21. The molecule has 1 aromatic carbocycles. The largest absolute Gasteiger partial charge is 0.444 e. The number of hydrogen-bond donors (Lipinski definition) is 3. The second kappa shape index (κ2) is 9.66. The van der Waals surface area contributed by atoms with Crippen LogP contribution in [0.5, 0.6) is 0 Å². The van der Waals surface area contributed by atoms with E-state index in [9.17, 15) is 9.59 Å². The van der Waals surface area contributed by atoms with Gasteiger partial charge in [-0.05, 0) is 64.7 Å². The van der Waals surface area contributed by atoms with Crippen molar-refractivity contribution in [1.82, 2.24) is 35.4 Å². The van der Waals surface area contributed by atoms with Crippen molar-refractivity contribution in [3.63, 3.8) is 0 Å². The number of alkyl carbamates (subject to hydrolysis) is 1. The summed E-state index contributed by atoms with van der Waals surface area (Å²) < 4.78 is 7.12. The molecule has 1 aliphatic carbocycles. The van der Waals surface area contributed by atoms with E-state index in [2.05, 4.69) is 25.7 Å². The summed E-state index contributed by atoms with van der Waals surface area (Å²) in [5.41, 5.74) is 2.95. The molecule has 5 rings (SSSR count). The van der Waals surface area contributed by atoms with Gasteiger partial charge in [-0.1, -0.05) is 11.6 Å². The molecule has 1 fully saturated rings. The molecule has 0 aliphatic heterocycles. The fourth-order valence-corrected chi connectivity index (χ4v) is 4.95. The highest BCUT2D eigenvalue weighted by atomic mass is 35.5. The van der Waals surface area contributed by atoms with Gasteiger partial charge >= 0.3 is 6.09 Å². The molecule has 0 saturated heterocycles. The van der Waals surface area contributed by atoms with Crippen LogP contribution in [0.15, 0.2) is 30.6 Å². The Balaban J connectivity index is 1.34. The van der Waals surface area contributed by atoms with E-state index in [1.165, 1.54) is 0 Å². The lowest BCUT2D eigenvalue weighted by molar-refractivity contribution is 0.0489. The third-order valence-corrected chi connectivity index (χ3v) is 6.65. The molecule has 37 heavy (non-hydrogen) atoms. The van der Waals surface area contributed by atoms with Gasteiger partial charge in [0, 0.05) is 35.7 Å².